The van der Waals surface area contributed by atoms with Crippen molar-refractivity contribution in [2.75, 3.05) is 24.7 Å². The van der Waals surface area contributed by atoms with Gasteiger partial charge in [-0.1, -0.05) is 48.5 Å². The minimum atomic E-state index is -0.950. The highest BCUT2D eigenvalue weighted by atomic mass is 16.7. The number of aliphatic imine (C=N–C) groups is 1. The van der Waals surface area contributed by atoms with Gasteiger partial charge in [0.25, 0.3) is 5.91 Å². The summed E-state index contributed by atoms with van der Waals surface area (Å²) >= 11 is 0. The number of amides is 1. The van der Waals surface area contributed by atoms with Crippen LogP contribution in [0.25, 0.3) is 0 Å². The lowest BCUT2D eigenvalue weighted by atomic mass is 10.0. The van der Waals surface area contributed by atoms with Crippen LogP contribution < -0.4 is 10.6 Å². The highest BCUT2D eigenvalue weighted by Gasteiger charge is 2.29. The maximum atomic E-state index is 13.0. The third-order valence-corrected chi connectivity index (χ3v) is 5.04. The average molecular weight is 379 g/mol. The molecule has 2 N–H and O–H groups in total. The Hall–Kier alpha value is -2.54. The number of anilines is 1. The number of para-hydroxylation sites is 1. The van der Waals surface area contributed by atoms with Gasteiger partial charge in [0.05, 0.1) is 18.0 Å². The van der Waals surface area contributed by atoms with E-state index >= 15 is 0 Å². The van der Waals surface area contributed by atoms with Crippen molar-refractivity contribution in [1.29, 1.82) is 0 Å². The van der Waals surface area contributed by atoms with E-state index in [9.17, 15) is 4.79 Å². The molecule has 2 atom stereocenters. The number of nitrogens with two attached hydrogens (primary N) is 1. The van der Waals surface area contributed by atoms with Crippen LogP contribution in [0, 0.1) is 0 Å². The average Bonchev–Trinajstić information content (AvgIpc) is 2.85. The highest BCUT2D eigenvalue weighted by molar-refractivity contribution is 6.20. The molecule has 1 unspecified atom stereocenters. The number of carbonyl (C=O) groups is 1. The van der Waals surface area contributed by atoms with Crippen molar-refractivity contribution in [2.45, 2.75) is 31.7 Å². The maximum absolute atomic E-state index is 13.0. The standard InChI is InChI=1S/C22H25N3O3/c23-21-22(26)25(13-15-28-19-12-6-7-14-27-19)18-11-5-4-10-17(18)20(24-21)16-8-2-1-3-9-16/h1-5,8-11,19,21H,6-7,12-15,23H2/t19?,21-/m0/s1. The van der Waals surface area contributed by atoms with E-state index in [0.717, 1.165) is 48.4 Å². The molecule has 146 valence electrons. The van der Waals surface area contributed by atoms with Crippen LogP contribution in [0.1, 0.15) is 30.4 Å². The van der Waals surface area contributed by atoms with Gasteiger partial charge in [-0.25, -0.2) is 0 Å². The minimum Gasteiger partial charge on any atom is -0.353 e. The van der Waals surface area contributed by atoms with Crippen LogP contribution in [0.15, 0.2) is 59.6 Å². The van der Waals surface area contributed by atoms with E-state index in [-0.39, 0.29) is 12.2 Å². The molecule has 4 rings (SSSR count). The number of nitrogens with zero attached hydrogens (tertiary/aromatic N) is 2. The highest BCUT2D eigenvalue weighted by Crippen LogP contribution is 2.27. The lowest BCUT2D eigenvalue weighted by Gasteiger charge is -2.27. The molecule has 1 fully saturated rings. The van der Waals surface area contributed by atoms with Crippen LogP contribution in [0.4, 0.5) is 5.69 Å². The molecule has 6 nitrogen and oxygen atoms in total. The Balaban J connectivity index is 1.59. The molecule has 0 aromatic heterocycles. The van der Waals surface area contributed by atoms with Crippen LogP contribution in [0.5, 0.6) is 0 Å². The second kappa shape index (κ2) is 8.65. The Labute approximate surface area is 165 Å². The summed E-state index contributed by atoms with van der Waals surface area (Å²) in [7, 11) is 0. The Morgan fingerprint density at radius 3 is 2.68 bits per heavy atom. The Morgan fingerprint density at radius 2 is 1.89 bits per heavy atom. The monoisotopic (exact) mass is 379 g/mol. The number of carbonyl (C=O) groups excluding carboxylic acids is 1. The van der Waals surface area contributed by atoms with E-state index in [0.29, 0.717) is 13.2 Å². The summed E-state index contributed by atoms with van der Waals surface area (Å²) in [5.41, 5.74) is 9.51. The quantitative estimate of drug-likeness (QED) is 0.867. The van der Waals surface area contributed by atoms with Gasteiger partial charge in [-0.2, -0.15) is 0 Å². The number of hydrogen-bond acceptors (Lipinski definition) is 5. The van der Waals surface area contributed by atoms with Crippen molar-refractivity contribution in [2.24, 2.45) is 10.7 Å². The van der Waals surface area contributed by atoms with E-state index in [1.54, 1.807) is 4.90 Å². The molecule has 0 saturated carbocycles. The fourth-order valence-electron chi connectivity index (χ4n) is 3.63. The smallest absolute Gasteiger partial charge is 0.266 e. The summed E-state index contributed by atoms with van der Waals surface area (Å²) in [6.45, 7) is 1.52. The van der Waals surface area contributed by atoms with Crippen LogP contribution >= 0.6 is 0 Å². The van der Waals surface area contributed by atoms with E-state index in [4.69, 9.17) is 15.2 Å². The predicted molar refractivity (Wildman–Crippen MR) is 108 cm³/mol. The van der Waals surface area contributed by atoms with Crippen LogP contribution in [0.2, 0.25) is 0 Å². The zero-order chi connectivity index (χ0) is 19.3. The first-order valence-corrected chi connectivity index (χ1v) is 9.77. The van der Waals surface area contributed by atoms with Gasteiger partial charge in [-0.3, -0.25) is 9.79 Å². The molecule has 0 radical (unpaired) electrons. The van der Waals surface area contributed by atoms with Crippen molar-refractivity contribution in [3.63, 3.8) is 0 Å². The molecule has 2 aliphatic heterocycles. The van der Waals surface area contributed by atoms with Crippen LogP contribution in [-0.2, 0) is 14.3 Å². The van der Waals surface area contributed by atoms with Crippen LogP contribution in [-0.4, -0.2) is 43.8 Å². The molecule has 2 heterocycles. The fraction of sp³-hybridized carbons (Fsp3) is 0.364. The molecule has 0 spiro atoms. The van der Waals surface area contributed by atoms with Gasteiger partial charge in [-0.05, 0) is 25.3 Å². The Morgan fingerprint density at radius 1 is 1.11 bits per heavy atom. The molecule has 2 aliphatic rings. The van der Waals surface area contributed by atoms with Crippen molar-refractivity contribution in [3.05, 3.63) is 65.7 Å². The second-order valence-electron chi connectivity index (χ2n) is 6.96. The molecule has 2 aromatic carbocycles. The molecule has 0 aliphatic carbocycles. The third kappa shape index (κ3) is 3.99. The van der Waals surface area contributed by atoms with Crippen molar-refractivity contribution >= 4 is 17.3 Å². The lowest BCUT2D eigenvalue weighted by Crippen LogP contribution is -2.44. The van der Waals surface area contributed by atoms with E-state index < -0.39 is 6.17 Å². The van der Waals surface area contributed by atoms with Gasteiger partial charge in [0.1, 0.15) is 0 Å². The van der Waals surface area contributed by atoms with Gasteiger partial charge in [0.2, 0.25) is 0 Å². The first-order chi connectivity index (χ1) is 13.7. The molecular formula is C22H25N3O3. The van der Waals surface area contributed by atoms with Crippen molar-refractivity contribution in [3.8, 4) is 0 Å². The maximum Gasteiger partial charge on any atom is 0.266 e. The fourth-order valence-corrected chi connectivity index (χ4v) is 3.63. The van der Waals surface area contributed by atoms with Gasteiger partial charge in [0, 0.05) is 24.3 Å². The summed E-state index contributed by atoms with van der Waals surface area (Å²) in [5, 5.41) is 0. The van der Waals surface area contributed by atoms with Gasteiger partial charge < -0.3 is 20.1 Å². The van der Waals surface area contributed by atoms with Crippen LogP contribution in [0.3, 0.4) is 0 Å². The molecule has 0 bridgehead atoms. The first-order valence-electron chi connectivity index (χ1n) is 9.77. The van der Waals surface area contributed by atoms with E-state index in [2.05, 4.69) is 4.99 Å². The zero-order valence-electron chi connectivity index (χ0n) is 15.8. The number of fused-ring (bicyclic) bond motifs is 1. The SMILES string of the molecule is N[C@H]1N=C(c2ccccc2)c2ccccc2N(CCOC2CCCCO2)C1=O. The molecule has 1 amide bonds. The molecule has 6 heteroatoms. The number of benzene rings is 2. The largest absolute Gasteiger partial charge is 0.353 e. The molecule has 2 aromatic rings. The number of ether oxygens (including phenoxy) is 2. The molecule has 28 heavy (non-hydrogen) atoms. The first kappa shape index (κ1) is 18.8. The number of rotatable bonds is 5. The van der Waals surface area contributed by atoms with Gasteiger partial charge in [0.15, 0.2) is 12.5 Å². The summed E-state index contributed by atoms with van der Waals surface area (Å²) in [6, 6.07) is 17.6. The number of hydrogen-bond donors (Lipinski definition) is 1. The Kier molecular flexibility index (Phi) is 5.81. The minimum absolute atomic E-state index is 0.184. The summed E-state index contributed by atoms with van der Waals surface area (Å²) < 4.78 is 11.5. The Bertz CT molecular complexity index is 847. The zero-order valence-corrected chi connectivity index (χ0v) is 15.8. The normalized spacial score (nSPS) is 22.4. The van der Waals surface area contributed by atoms with Gasteiger partial charge >= 0.3 is 0 Å². The summed E-state index contributed by atoms with van der Waals surface area (Å²) in [4.78, 5) is 19.2. The second-order valence-corrected chi connectivity index (χ2v) is 6.96. The van der Waals surface area contributed by atoms with Gasteiger partial charge in [-0.15, -0.1) is 0 Å². The molecule has 1 saturated heterocycles. The molecular weight excluding hydrogens is 354 g/mol. The summed E-state index contributed by atoms with van der Waals surface area (Å²) in [6.07, 6.45) is 1.94. The van der Waals surface area contributed by atoms with E-state index in [1.807, 2.05) is 54.6 Å². The lowest BCUT2D eigenvalue weighted by molar-refractivity contribution is -0.161. The predicted octanol–water partition coefficient (Wildman–Crippen LogP) is 2.70. The van der Waals surface area contributed by atoms with Crippen molar-refractivity contribution in [1.82, 2.24) is 0 Å². The van der Waals surface area contributed by atoms with E-state index in [1.165, 1.54) is 0 Å². The summed E-state index contributed by atoms with van der Waals surface area (Å²) in [5.74, 6) is -0.230. The number of benzodiazepines with no additional fused rings is 1. The third-order valence-electron chi connectivity index (χ3n) is 5.04. The topological polar surface area (TPSA) is 77.2 Å². The van der Waals surface area contributed by atoms with Crippen molar-refractivity contribution < 1.29 is 14.3 Å².